The Hall–Kier alpha value is -1.64. The van der Waals surface area contributed by atoms with Gasteiger partial charge in [-0.1, -0.05) is 0 Å². The normalized spacial score (nSPS) is 20.9. The molecular formula is C18H27N3O4S. The fraction of sp³-hybridized carbons (Fsp3) is 0.611. The number of hydrogen-bond acceptors (Lipinski definition) is 5. The molecule has 2 heterocycles. The van der Waals surface area contributed by atoms with Crippen molar-refractivity contribution < 1.29 is 17.9 Å². The van der Waals surface area contributed by atoms with Gasteiger partial charge in [0.1, 0.15) is 5.75 Å². The molecule has 0 radical (unpaired) electrons. The first-order chi connectivity index (χ1) is 12.4. The first kappa shape index (κ1) is 19.1. The van der Waals surface area contributed by atoms with Crippen molar-refractivity contribution in [3.05, 3.63) is 24.3 Å². The van der Waals surface area contributed by atoms with Crippen LogP contribution in [0.5, 0.6) is 5.75 Å². The predicted molar refractivity (Wildman–Crippen MR) is 98.6 cm³/mol. The first-order valence-electron chi connectivity index (χ1n) is 9.10. The van der Waals surface area contributed by atoms with E-state index in [0.29, 0.717) is 31.9 Å². The van der Waals surface area contributed by atoms with Gasteiger partial charge in [0.25, 0.3) is 0 Å². The second-order valence-corrected chi connectivity index (χ2v) is 8.76. The molecule has 26 heavy (non-hydrogen) atoms. The summed E-state index contributed by atoms with van der Waals surface area (Å²) in [6.07, 6.45) is 2.15. The molecule has 1 atom stereocenters. The Balaban J connectivity index is 1.60. The van der Waals surface area contributed by atoms with Crippen LogP contribution in [0.15, 0.2) is 29.2 Å². The van der Waals surface area contributed by atoms with Gasteiger partial charge in [0.2, 0.25) is 15.9 Å². The molecule has 1 aromatic carbocycles. The van der Waals surface area contributed by atoms with Crippen LogP contribution in [0.2, 0.25) is 0 Å². The Labute approximate surface area is 155 Å². The number of carbonyl (C=O) groups is 1. The van der Waals surface area contributed by atoms with Crippen molar-refractivity contribution >= 4 is 15.9 Å². The minimum absolute atomic E-state index is 0.161. The molecule has 0 saturated carbocycles. The summed E-state index contributed by atoms with van der Waals surface area (Å²) >= 11 is 0. The zero-order chi connectivity index (χ0) is 18.7. The van der Waals surface area contributed by atoms with Gasteiger partial charge in [-0.05, 0) is 44.0 Å². The Morgan fingerprint density at radius 1 is 1.00 bits per heavy atom. The number of likely N-dealkylation sites (tertiary alicyclic amines) is 1. The fourth-order valence-electron chi connectivity index (χ4n) is 3.59. The van der Waals surface area contributed by atoms with Crippen molar-refractivity contribution in [3.8, 4) is 5.75 Å². The summed E-state index contributed by atoms with van der Waals surface area (Å²) in [4.78, 5) is 16.8. The summed E-state index contributed by atoms with van der Waals surface area (Å²) in [5.74, 6) is 0.789. The molecule has 0 aromatic heterocycles. The molecule has 0 spiro atoms. The standard InChI is InChI=1S/C18H27N3O4S/c1-15(18(22)20-9-3-4-10-20)19-11-13-21(14-12-19)26(23,24)17-7-5-16(25-2)6-8-17/h5-8,15H,3-4,9-14H2,1-2H3. The average Bonchev–Trinajstić information content (AvgIpc) is 3.21. The molecule has 2 aliphatic rings. The van der Waals surface area contributed by atoms with Gasteiger partial charge in [-0.3, -0.25) is 9.69 Å². The predicted octanol–water partition coefficient (Wildman–Crippen LogP) is 1.01. The molecule has 8 heteroatoms. The number of nitrogens with zero attached hydrogens (tertiary/aromatic N) is 3. The number of sulfonamides is 1. The molecule has 144 valence electrons. The summed E-state index contributed by atoms with van der Waals surface area (Å²) < 4.78 is 32.2. The number of piperazine rings is 1. The summed E-state index contributed by atoms with van der Waals surface area (Å²) in [6.45, 7) is 5.53. The number of ether oxygens (including phenoxy) is 1. The maximum Gasteiger partial charge on any atom is 0.243 e. The largest absolute Gasteiger partial charge is 0.497 e. The number of rotatable bonds is 5. The lowest BCUT2D eigenvalue weighted by Crippen LogP contribution is -2.55. The van der Waals surface area contributed by atoms with E-state index in [2.05, 4.69) is 4.90 Å². The number of amides is 1. The maximum atomic E-state index is 12.8. The molecule has 1 aromatic rings. The zero-order valence-electron chi connectivity index (χ0n) is 15.4. The second-order valence-electron chi connectivity index (χ2n) is 6.82. The van der Waals surface area contributed by atoms with Gasteiger partial charge in [0, 0.05) is 39.3 Å². The van der Waals surface area contributed by atoms with Crippen LogP contribution in [0.25, 0.3) is 0 Å². The third-order valence-electron chi connectivity index (χ3n) is 5.29. The summed E-state index contributed by atoms with van der Waals surface area (Å²) in [7, 11) is -1.97. The molecule has 7 nitrogen and oxygen atoms in total. The van der Waals surface area contributed by atoms with Crippen molar-refractivity contribution in [1.29, 1.82) is 0 Å². The van der Waals surface area contributed by atoms with E-state index in [9.17, 15) is 13.2 Å². The van der Waals surface area contributed by atoms with E-state index in [0.717, 1.165) is 25.9 Å². The highest BCUT2D eigenvalue weighted by Gasteiger charge is 2.33. The average molecular weight is 381 g/mol. The highest BCUT2D eigenvalue weighted by molar-refractivity contribution is 7.89. The minimum atomic E-state index is -3.52. The molecule has 1 unspecified atom stereocenters. The van der Waals surface area contributed by atoms with Gasteiger partial charge in [0.05, 0.1) is 18.0 Å². The summed E-state index contributed by atoms with van der Waals surface area (Å²) in [5, 5.41) is 0. The maximum absolute atomic E-state index is 12.8. The summed E-state index contributed by atoms with van der Waals surface area (Å²) in [5.41, 5.74) is 0. The third kappa shape index (κ3) is 3.87. The number of benzene rings is 1. The number of hydrogen-bond donors (Lipinski definition) is 0. The molecule has 0 N–H and O–H groups in total. The van der Waals surface area contributed by atoms with Gasteiger partial charge in [-0.2, -0.15) is 4.31 Å². The number of carbonyl (C=O) groups excluding carboxylic acids is 1. The smallest absolute Gasteiger partial charge is 0.243 e. The molecule has 2 saturated heterocycles. The molecule has 3 rings (SSSR count). The Morgan fingerprint density at radius 3 is 2.12 bits per heavy atom. The fourth-order valence-corrected chi connectivity index (χ4v) is 5.01. The Bertz CT molecular complexity index is 721. The Kier molecular flexibility index (Phi) is 5.84. The van der Waals surface area contributed by atoms with Crippen molar-refractivity contribution in [2.45, 2.75) is 30.7 Å². The molecule has 1 amide bonds. The second kappa shape index (κ2) is 7.94. The van der Waals surface area contributed by atoms with Crippen LogP contribution in [0, 0.1) is 0 Å². The van der Waals surface area contributed by atoms with Crippen molar-refractivity contribution in [1.82, 2.24) is 14.1 Å². The van der Waals surface area contributed by atoms with E-state index in [4.69, 9.17) is 4.74 Å². The van der Waals surface area contributed by atoms with Crippen LogP contribution in [0.4, 0.5) is 0 Å². The van der Waals surface area contributed by atoms with Gasteiger partial charge in [-0.25, -0.2) is 8.42 Å². The molecule has 2 fully saturated rings. The van der Waals surface area contributed by atoms with E-state index in [1.807, 2.05) is 11.8 Å². The van der Waals surface area contributed by atoms with E-state index in [1.54, 1.807) is 31.4 Å². The van der Waals surface area contributed by atoms with Crippen LogP contribution in [-0.4, -0.2) is 80.9 Å². The Morgan fingerprint density at radius 2 is 1.58 bits per heavy atom. The number of methoxy groups -OCH3 is 1. The van der Waals surface area contributed by atoms with Gasteiger partial charge < -0.3 is 9.64 Å². The van der Waals surface area contributed by atoms with Gasteiger partial charge in [0.15, 0.2) is 0 Å². The van der Waals surface area contributed by atoms with Crippen LogP contribution in [0.1, 0.15) is 19.8 Å². The monoisotopic (exact) mass is 381 g/mol. The molecule has 0 bridgehead atoms. The zero-order valence-corrected chi connectivity index (χ0v) is 16.2. The van der Waals surface area contributed by atoms with Gasteiger partial charge >= 0.3 is 0 Å². The van der Waals surface area contributed by atoms with E-state index >= 15 is 0 Å². The van der Waals surface area contributed by atoms with Crippen molar-refractivity contribution in [2.24, 2.45) is 0 Å². The van der Waals surface area contributed by atoms with E-state index < -0.39 is 10.0 Å². The molecule has 0 aliphatic carbocycles. The van der Waals surface area contributed by atoms with Crippen LogP contribution < -0.4 is 4.74 Å². The highest BCUT2D eigenvalue weighted by atomic mass is 32.2. The van der Waals surface area contributed by atoms with Crippen molar-refractivity contribution in [2.75, 3.05) is 46.4 Å². The lowest BCUT2D eigenvalue weighted by molar-refractivity contribution is -0.135. The van der Waals surface area contributed by atoms with E-state index in [-0.39, 0.29) is 16.8 Å². The molecular weight excluding hydrogens is 354 g/mol. The van der Waals surface area contributed by atoms with Crippen LogP contribution in [-0.2, 0) is 14.8 Å². The molecule has 2 aliphatic heterocycles. The lowest BCUT2D eigenvalue weighted by atomic mass is 10.2. The summed E-state index contributed by atoms with van der Waals surface area (Å²) in [6, 6.07) is 6.25. The quantitative estimate of drug-likeness (QED) is 0.761. The van der Waals surface area contributed by atoms with E-state index in [1.165, 1.54) is 4.31 Å². The third-order valence-corrected chi connectivity index (χ3v) is 7.21. The lowest BCUT2D eigenvalue weighted by Gasteiger charge is -2.37. The highest BCUT2D eigenvalue weighted by Crippen LogP contribution is 2.21. The van der Waals surface area contributed by atoms with Crippen LogP contribution in [0.3, 0.4) is 0 Å². The SMILES string of the molecule is COc1ccc(S(=O)(=O)N2CCN(C(C)C(=O)N3CCCC3)CC2)cc1. The van der Waals surface area contributed by atoms with Gasteiger partial charge in [-0.15, -0.1) is 0 Å². The topological polar surface area (TPSA) is 70.2 Å². The minimum Gasteiger partial charge on any atom is -0.497 e. The first-order valence-corrected chi connectivity index (χ1v) is 10.5. The van der Waals surface area contributed by atoms with Crippen LogP contribution >= 0.6 is 0 Å². The van der Waals surface area contributed by atoms with Crippen molar-refractivity contribution in [3.63, 3.8) is 0 Å².